The first kappa shape index (κ1) is 34.3. The highest BCUT2D eigenvalue weighted by molar-refractivity contribution is 5.94. The molecule has 0 fully saturated rings. The van der Waals surface area contributed by atoms with E-state index in [0.717, 1.165) is 5.56 Å². The van der Waals surface area contributed by atoms with Gasteiger partial charge in [-0.15, -0.1) is 0 Å². The molecular weight excluding hydrogens is 534 g/mol. The minimum absolute atomic E-state index is 0.167. The number of hydrogen-bond donors (Lipinski definition) is 2. The largest absolute Gasteiger partial charge is 0.458 e. The van der Waals surface area contributed by atoms with Crippen molar-refractivity contribution in [2.75, 3.05) is 6.54 Å². The SMILES string of the molecule is CCN(C(=O)C(NC(=O)OC(C)(C)C)C(C)C)C(C(=O)NC(Cc1ccccc1)C(=O)OC(C)(C)C)c1ccccc1. The molecule has 2 aromatic carbocycles. The summed E-state index contributed by atoms with van der Waals surface area (Å²) >= 11 is 0. The van der Waals surface area contributed by atoms with Crippen molar-refractivity contribution in [3.8, 4) is 0 Å². The van der Waals surface area contributed by atoms with E-state index < -0.39 is 53.2 Å². The first-order chi connectivity index (χ1) is 19.5. The molecule has 0 radical (unpaired) electrons. The van der Waals surface area contributed by atoms with Gasteiger partial charge in [0.05, 0.1) is 0 Å². The first-order valence-electron chi connectivity index (χ1n) is 14.4. The van der Waals surface area contributed by atoms with Gasteiger partial charge in [-0.25, -0.2) is 9.59 Å². The van der Waals surface area contributed by atoms with Crippen molar-refractivity contribution in [3.05, 3.63) is 71.8 Å². The minimum Gasteiger partial charge on any atom is -0.458 e. The number of likely N-dealkylation sites (N-methyl/N-ethyl adjacent to an activating group) is 1. The molecule has 230 valence electrons. The lowest BCUT2D eigenvalue weighted by molar-refractivity contribution is -0.159. The van der Waals surface area contributed by atoms with Crippen molar-refractivity contribution < 1.29 is 28.7 Å². The quantitative estimate of drug-likeness (QED) is 0.353. The van der Waals surface area contributed by atoms with Gasteiger partial charge in [0.2, 0.25) is 11.8 Å². The summed E-state index contributed by atoms with van der Waals surface area (Å²) in [6, 6.07) is 15.2. The molecule has 3 amide bonds. The Morgan fingerprint density at radius 1 is 0.786 bits per heavy atom. The molecule has 0 bridgehead atoms. The number of hydrogen-bond acceptors (Lipinski definition) is 6. The number of nitrogens with one attached hydrogen (secondary N) is 2. The van der Waals surface area contributed by atoms with E-state index in [1.807, 2.05) is 50.2 Å². The number of rotatable bonds is 11. The Morgan fingerprint density at radius 2 is 1.31 bits per heavy atom. The minimum atomic E-state index is -1.08. The van der Waals surface area contributed by atoms with Gasteiger partial charge in [-0.3, -0.25) is 9.59 Å². The summed E-state index contributed by atoms with van der Waals surface area (Å²) in [5.41, 5.74) is -0.109. The molecule has 9 nitrogen and oxygen atoms in total. The third-order valence-electron chi connectivity index (χ3n) is 6.19. The lowest BCUT2D eigenvalue weighted by Gasteiger charge is -2.35. The molecule has 9 heteroatoms. The molecule has 0 aliphatic carbocycles. The van der Waals surface area contributed by atoms with E-state index in [1.54, 1.807) is 72.7 Å². The molecule has 3 unspecified atom stereocenters. The van der Waals surface area contributed by atoms with Gasteiger partial charge in [-0.1, -0.05) is 74.5 Å². The fourth-order valence-electron chi connectivity index (χ4n) is 4.37. The van der Waals surface area contributed by atoms with Crippen LogP contribution in [-0.2, 0) is 30.3 Å². The Kier molecular flexibility index (Phi) is 12.1. The van der Waals surface area contributed by atoms with E-state index in [-0.39, 0.29) is 18.9 Å². The maximum atomic E-state index is 14.1. The number of amides is 3. The highest BCUT2D eigenvalue weighted by atomic mass is 16.6. The van der Waals surface area contributed by atoms with Crippen molar-refractivity contribution in [1.29, 1.82) is 0 Å². The summed E-state index contributed by atoms with van der Waals surface area (Å²) in [7, 11) is 0. The van der Waals surface area contributed by atoms with Crippen LogP contribution in [0.2, 0.25) is 0 Å². The Balaban J connectivity index is 2.47. The topological polar surface area (TPSA) is 114 Å². The van der Waals surface area contributed by atoms with Gasteiger partial charge in [-0.05, 0) is 65.5 Å². The maximum Gasteiger partial charge on any atom is 0.408 e. The van der Waals surface area contributed by atoms with Gasteiger partial charge >= 0.3 is 12.1 Å². The van der Waals surface area contributed by atoms with Gasteiger partial charge in [0.15, 0.2) is 0 Å². The number of benzene rings is 2. The number of carbonyl (C=O) groups is 4. The Hall–Kier alpha value is -3.88. The summed E-state index contributed by atoms with van der Waals surface area (Å²) in [5, 5.41) is 5.57. The van der Waals surface area contributed by atoms with Crippen LogP contribution >= 0.6 is 0 Å². The standard InChI is InChI=1S/C33H47N3O6/c1-10-36(29(38)26(22(2)3)35-31(40)42-33(7,8)9)27(24-19-15-12-16-20-24)28(37)34-25(30(39)41-32(4,5)6)21-23-17-13-11-14-18-23/h11-20,22,25-27H,10,21H2,1-9H3,(H,34,37)(H,35,40). The van der Waals surface area contributed by atoms with E-state index in [0.29, 0.717) is 5.56 Å². The van der Waals surface area contributed by atoms with Crippen molar-refractivity contribution in [2.24, 2.45) is 5.92 Å². The highest BCUT2D eigenvalue weighted by Crippen LogP contribution is 2.24. The molecular formula is C33H47N3O6. The van der Waals surface area contributed by atoms with Crippen LogP contribution in [0.4, 0.5) is 4.79 Å². The Morgan fingerprint density at radius 3 is 1.79 bits per heavy atom. The molecule has 2 aromatic rings. The van der Waals surface area contributed by atoms with Gasteiger partial charge in [0.1, 0.15) is 29.3 Å². The third kappa shape index (κ3) is 10.8. The van der Waals surface area contributed by atoms with Crippen LogP contribution in [0.15, 0.2) is 60.7 Å². The summed E-state index contributed by atoms with van der Waals surface area (Å²) in [5.74, 6) is -1.86. The van der Waals surface area contributed by atoms with E-state index in [2.05, 4.69) is 10.6 Å². The van der Waals surface area contributed by atoms with Crippen LogP contribution in [0.5, 0.6) is 0 Å². The average molecular weight is 582 g/mol. The van der Waals surface area contributed by atoms with E-state index in [9.17, 15) is 19.2 Å². The molecule has 0 spiro atoms. The highest BCUT2D eigenvalue weighted by Gasteiger charge is 2.38. The summed E-state index contributed by atoms with van der Waals surface area (Å²) in [4.78, 5) is 55.5. The molecule has 42 heavy (non-hydrogen) atoms. The average Bonchev–Trinajstić information content (AvgIpc) is 2.88. The first-order valence-corrected chi connectivity index (χ1v) is 14.4. The molecule has 0 saturated carbocycles. The molecule has 2 N–H and O–H groups in total. The number of ether oxygens (including phenoxy) is 2. The van der Waals surface area contributed by atoms with Crippen molar-refractivity contribution in [3.63, 3.8) is 0 Å². The maximum absolute atomic E-state index is 14.1. The van der Waals surface area contributed by atoms with Gasteiger partial charge in [0.25, 0.3) is 0 Å². The second-order valence-electron chi connectivity index (χ2n) is 12.6. The van der Waals surface area contributed by atoms with E-state index >= 15 is 0 Å². The smallest absolute Gasteiger partial charge is 0.408 e. The number of alkyl carbamates (subject to hydrolysis) is 1. The van der Waals surface area contributed by atoms with E-state index in [4.69, 9.17) is 9.47 Å². The molecule has 3 atom stereocenters. The Labute approximate surface area is 250 Å². The predicted octanol–water partition coefficient (Wildman–Crippen LogP) is 5.19. The fraction of sp³-hybridized carbons (Fsp3) is 0.515. The zero-order valence-corrected chi connectivity index (χ0v) is 26.4. The van der Waals surface area contributed by atoms with Crippen LogP contribution in [0, 0.1) is 5.92 Å². The predicted molar refractivity (Wildman–Crippen MR) is 162 cm³/mol. The second-order valence-corrected chi connectivity index (χ2v) is 12.6. The summed E-state index contributed by atoms with van der Waals surface area (Å²) in [6.45, 7) is 16.1. The second kappa shape index (κ2) is 14.8. The van der Waals surface area contributed by atoms with Crippen LogP contribution in [0.25, 0.3) is 0 Å². The summed E-state index contributed by atoms with van der Waals surface area (Å²) in [6.07, 6.45) is -0.517. The van der Waals surface area contributed by atoms with Crippen molar-refractivity contribution in [2.45, 2.75) is 98.1 Å². The third-order valence-corrected chi connectivity index (χ3v) is 6.19. The number of carbonyl (C=O) groups excluding carboxylic acids is 4. The monoisotopic (exact) mass is 581 g/mol. The molecule has 2 rings (SSSR count). The number of esters is 1. The van der Waals surface area contributed by atoms with Gasteiger partial charge < -0.3 is 25.0 Å². The number of nitrogens with zero attached hydrogens (tertiary/aromatic N) is 1. The van der Waals surface area contributed by atoms with Crippen molar-refractivity contribution >= 4 is 23.9 Å². The van der Waals surface area contributed by atoms with Crippen molar-refractivity contribution in [1.82, 2.24) is 15.5 Å². The molecule has 0 aliphatic rings. The fourth-order valence-corrected chi connectivity index (χ4v) is 4.37. The lowest BCUT2D eigenvalue weighted by Crippen LogP contribution is -2.56. The zero-order valence-electron chi connectivity index (χ0n) is 26.4. The zero-order chi connectivity index (χ0) is 31.7. The van der Waals surface area contributed by atoms with E-state index in [1.165, 1.54) is 4.90 Å². The molecule has 0 saturated heterocycles. The molecule has 0 aromatic heterocycles. The van der Waals surface area contributed by atoms with Gasteiger partial charge in [0, 0.05) is 13.0 Å². The molecule has 0 aliphatic heterocycles. The van der Waals surface area contributed by atoms with Crippen LogP contribution < -0.4 is 10.6 Å². The van der Waals surface area contributed by atoms with Crippen LogP contribution in [0.3, 0.4) is 0 Å². The Bertz CT molecular complexity index is 1190. The van der Waals surface area contributed by atoms with Crippen LogP contribution in [-0.4, -0.2) is 58.6 Å². The van der Waals surface area contributed by atoms with Gasteiger partial charge in [-0.2, -0.15) is 0 Å². The normalized spacial score (nSPS) is 13.9. The lowest BCUT2D eigenvalue weighted by atomic mass is 9.98. The molecule has 0 heterocycles. The van der Waals surface area contributed by atoms with Crippen LogP contribution in [0.1, 0.15) is 79.5 Å². The summed E-state index contributed by atoms with van der Waals surface area (Å²) < 4.78 is 11.0.